The van der Waals surface area contributed by atoms with Gasteiger partial charge in [0.05, 0.1) is 30.9 Å². The third-order valence-electron chi connectivity index (χ3n) is 5.50. The van der Waals surface area contributed by atoms with Crippen molar-refractivity contribution in [2.45, 2.75) is 52.2 Å². The van der Waals surface area contributed by atoms with Crippen molar-refractivity contribution >= 4 is 17.7 Å². The van der Waals surface area contributed by atoms with E-state index in [0.717, 1.165) is 22.5 Å². The van der Waals surface area contributed by atoms with Gasteiger partial charge in [-0.05, 0) is 51.0 Å². The van der Waals surface area contributed by atoms with Crippen LogP contribution >= 0.6 is 0 Å². The number of anilines is 2. The molecule has 3 heterocycles. The lowest BCUT2D eigenvalue weighted by Gasteiger charge is -2.40. The van der Waals surface area contributed by atoms with Gasteiger partial charge in [0.1, 0.15) is 5.60 Å². The number of nitriles is 1. The lowest BCUT2D eigenvalue weighted by molar-refractivity contribution is 0.00819. The van der Waals surface area contributed by atoms with E-state index in [1.54, 1.807) is 22.0 Å². The van der Waals surface area contributed by atoms with Crippen molar-refractivity contribution in [2.75, 3.05) is 18.4 Å². The monoisotopic (exact) mass is 459 g/mol. The number of aromatic nitrogens is 4. The number of nitrogens with zero attached hydrogens (tertiary/aromatic N) is 6. The number of carbonyl (C=O) groups is 1. The third kappa shape index (κ3) is 5.52. The molecule has 1 aromatic carbocycles. The molecule has 34 heavy (non-hydrogen) atoms. The summed E-state index contributed by atoms with van der Waals surface area (Å²) >= 11 is 0. The molecule has 0 radical (unpaired) electrons. The zero-order chi connectivity index (χ0) is 24.3. The summed E-state index contributed by atoms with van der Waals surface area (Å²) in [5, 5.41) is 16.3. The minimum Gasteiger partial charge on any atom is -0.444 e. The molecule has 0 unspecified atom stereocenters. The van der Waals surface area contributed by atoms with Crippen molar-refractivity contribution < 1.29 is 9.53 Å². The molecule has 0 aliphatic carbocycles. The number of benzene rings is 1. The molecule has 176 valence electrons. The first-order valence-corrected chi connectivity index (χ1v) is 11.3. The minimum atomic E-state index is -0.481. The van der Waals surface area contributed by atoms with Gasteiger partial charge in [-0.2, -0.15) is 10.4 Å². The number of hydrogen-bond donors (Lipinski definition) is 1. The molecule has 0 atom stereocenters. The topological polar surface area (TPSA) is 109 Å². The van der Waals surface area contributed by atoms with Crippen LogP contribution in [0, 0.1) is 18.3 Å². The van der Waals surface area contributed by atoms with Crippen molar-refractivity contribution in [1.82, 2.24) is 24.6 Å². The Labute approximate surface area is 199 Å². The third-order valence-corrected chi connectivity index (χ3v) is 5.50. The molecule has 1 aliphatic heterocycles. The van der Waals surface area contributed by atoms with E-state index in [-0.39, 0.29) is 6.09 Å². The molecular weight excluding hydrogens is 430 g/mol. The zero-order valence-corrected chi connectivity index (χ0v) is 19.9. The maximum atomic E-state index is 12.1. The Kier molecular flexibility index (Phi) is 6.50. The summed E-state index contributed by atoms with van der Waals surface area (Å²) in [4.78, 5) is 23.0. The molecule has 1 N–H and O–H groups in total. The molecule has 1 fully saturated rings. The Morgan fingerprint density at radius 2 is 1.97 bits per heavy atom. The predicted octanol–water partition coefficient (Wildman–Crippen LogP) is 4.64. The first-order valence-electron chi connectivity index (χ1n) is 11.3. The Balaban J connectivity index is 1.38. The van der Waals surface area contributed by atoms with Crippen LogP contribution in [-0.2, 0) is 11.3 Å². The average Bonchev–Trinajstić information content (AvgIpc) is 3.21. The summed E-state index contributed by atoms with van der Waals surface area (Å²) in [6.07, 6.45) is 5.58. The van der Waals surface area contributed by atoms with Crippen molar-refractivity contribution in [3.63, 3.8) is 0 Å². The summed E-state index contributed by atoms with van der Waals surface area (Å²) in [6, 6.07) is 10.2. The predicted molar refractivity (Wildman–Crippen MR) is 128 cm³/mol. The van der Waals surface area contributed by atoms with Gasteiger partial charge in [0, 0.05) is 42.7 Å². The second-order valence-electron chi connectivity index (χ2n) is 9.45. The van der Waals surface area contributed by atoms with E-state index in [1.165, 1.54) is 5.56 Å². The van der Waals surface area contributed by atoms with Crippen molar-refractivity contribution in [2.24, 2.45) is 0 Å². The lowest BCUT2D eigenvalue weighted by atomic mass is 9.92. The second-order valence-corrected chi connectivity index (χ2v) is 9.45. The highest BCUT2D eigenvalue weighted by molar-refractivity contribution is 5.70. The van der Waals surface area contributed by atoms with Crippen LogP contribution in [0.1, 0.15) is 44.2 Å². The van der Waals surface area contributed by atoms with Gasteiger partial charge < -0.3 is 15.0 Å². The van der Waals surface area contributed by atoms with E-state index >= 15 is 0 Å². The number of likely N-dealkylation sites (tertiary alicyclic amines) is 1. The lowest BCUT2D eigenvalue weighted by Crippen LogP contribution is -2.50. The largest absolute Gasteiger partial charge is 0.444 e. The van der Waals surface area contributed by atoms with Crippen LogP contribution in [0.15, 0.2) is 42.9 Å². The van der Waals surface area contributed by atoms with Gasteiger partial charge in [-0.1, -0.05) is 12.1 Å². The van der Waals surface area contributed by atoms with Crippen LogP contribution in [0.3, 0.4) is 0 Å². The van der Waals surface area contributed by atoms with E-state index in [0.29, 0.717) is 37.9 Å². The van der Waals surface area contributed by atoms with E-state index in [9.17, 15) is 4.79 Å². The van der Waals surface area contributed by atoms with Crippen LogP contribution in [0.25, 0.3) is 11.3 Å². The number of rotatable bonds is 6. The summed E-state index contributed by atoms with van der Waals surface area (Å²) in [5.41, 5.74) is 4.21. The fourth-order valence-corrected chi connectivity index (χ4v) is 3.70. The first kappa shape index (κ1) is 23.2. The Morgan fingerprint density at radius 1 is 1.24 bits per heavy atom. The molecule has 4 rings (SSSR count). The maximum absolute atomic E-state index is 12.1. The summed E-state index contributed by atoms with van der Waals surface area (Å²) < 4.78 is 7.17. The Hall–Kier alpha value is -3.93. The highest BCUT2D eigenvalue weighted by Gasteiger charge is 2.34. The maximum Gasteiger partial charge on any atom is 0.410 e. The Morgan fingerprint density at radius 3 is 2.65 bits per heavy atom. The standard InChI is InChI=1S/C25H29N7O2/c1-17-12-27-23(30-22(17)19-13-28-32(16-19)11-5-10-26)29-21-8-6-18(7-9-21)20-14-31(15-20)24(33)34-25(2,3)4/h6-9,12-13,16,20H,5,11,14-15H2,1-4H3,(H,27,29,30). The molecule has 2 aromatic heterocycles. The van der Waals surface area contributed by atoms with E-state index in [4.69, 9.17) is 10.00 Å². The first-order chi connectivity index (χ1) is 16.2. The van der Waals surface area contributed by atoms with Crippen LogP contribution in [0.4, 0.5) is 16.4 Å². The van der Waals surface area contributed by atoms with Crippen LogP contribution < -0.4 is 5.32 Å². The second kappa shape index (κ2) is 9.51. The number of hydrogen-bond acceptors (Lipinski definition) is 7. The van der Waals surface area contributed by atoms with Gasteiger partial charge in [0.2, 0.25) is 5.95 Å². The summed E-state index contributed by atoms with van der Waals surface area (Å²) in [7, 11) is 0. The summed E-state index contributed by atoms with van der Waals surface area (Å²) in [6.45, 7) is 9.45. The quantitative estimate of drug-likeness (QED) is 0.572. The molecule has 1 saturated heterocycles. The normalized spacial score (nSPS) is 13.8. The molecule has 3 aromatic rings. The van der Waals surface area contributed by atoms with Gasteiger partial charge >= 0.3 is 6.09 Å². The molecule has 0 saturated carbocycles. The van der Waals surface area contributed by atoms with Gasteiger partial charge in [0.15, 0.2) is 0 Å². The fourth-order valence-electron chi connectivity index (χ4n) is 3.70. The van der Waals surface area contributed by atoms with Crippen molar-refractivity contribution in [3.8, 4) is 17.3 Å². The molecule has 0 spiro atoms. The van der Waals surface area contributed by atoms with Crippen molar-refractivity contribution in [3.05, 3.63) is 54.0 Å². The van der Waals surface area contributed by atoms with Crippen LogP contribution in [0.2, 0.25) is 0 Å². The smallest absolute Gasteiger partial charge is 0.410 e. The SMILES string of the molecule is Cc1cnc(Nc2ccc(C3CN(C(=O)OC(C)(C)C)C3)cc2)nc1-c1cnn(CCC#N)c1. The highest BCUT2D eigenvalue weighted by atomic mass is 16.6. The van der Waals surface area contributed by atoms with Crippen molar-refractivity contribution in [1.29, 1.82) is 5.26 Å². The molecule has 9 heteroatoms. The number of nitrogens with one attached hydrogen (secondary N) is 1. The molecule has 9 nitrogen and oxygen atoms in total. The van der Waals surface area contributed by atoms with Gasteiger partial charge in [0.25, 0.3) is 0 Å². The molecule has 0 bridgehead atoms. The van der Waals surface area contributed by atoms with E-state index in [1.807, 2.05) is 46.0 Å². The Bertz CT molecular complexity index is 1200. The molecule has 1 amide bonds. The van der Waals surface area contributed by atoms with Gasteiger partial charge in [-0.3, -0.25) is 4.68 Å². The number of amides is 1. The molecular formula is C25H29N7O2. The number of carbonyl (C=O) groups excluding carboxylic acids is 1. The van der Waals surface area contributed by atoms with Gasteiger partial charge in [-0.25, -0.2) is 14.8 Å². The zero-order valence-electron chi connectivity index (χ0n) is 19.9. The number of aryl methyl sites for hydroxylation is 2. The highest BCUT2D eigenvalue weighted by Crippen LogP contribution is 2.30. The minimum absolute atomic E-state index is 0.259. The van der Waals surface area contributed by atoms with Crippen LogP contribution in [0.5, 0.6) is 0 Å². The molecule has 1 aliphatic rings. The number of ether oxygens (including phenoxy) is 1. The van der Waals surface area contributed by atoms with E-state index < -0.39 is 5.60 Å². The average molecular weight is 460 g/mol. The van der Waals surface area contributed by atoms with E-state index in [2.05, 4.69) is 38.6 Å². The fraction of sp³-hybridized carbons (Fsp3) is 0.400. The van der Waals surface area contributed by atoms with Crippen LogP contribution in [-0.4, -0.2) is 49.4 Å². The summed E-state index contributed by atoms with van der Waals surface area (Å²) in [5.74, 6) is 0.805. The van der Waals surface area contributed by atoms with Gasteiger partial charge in [-0.15, -0.1) is 0 Å².